The van der Waals surface area contributed by atoms with Crippen LogP contribution in [0.1, 0.15) is 30.9 Å². The highest BCUT2D eigenvalue weighted by Gasteiger charge is 2.08. The molecule has 2 rings (SSSR count). The van der Waals surface area contributed by atoms with Gasteiger partial charge in [-0.1, -0.05) is 25.4 Å². The van der Waals surface area contributed by atoms with Crippen LogP contribution in [0.25, 0.3) is 0 Å². The van der Waals surface area contributed by atoms with Gasteiger partial charge in [0.05, 0.1) is 0 Å². The molecule has 1 aromatic carbocycles. The van der Waals surface area contributed by atoms with Crippen LogP contribution in [0.5, 0.6) is 0 Å². The quantitative estimate of drug-likeness (QED) is 0.790. The Morgan fingerprint density at radius 3 is 2.30 bits per heavy atom. The van der Waals surface area contributed by atoms with Gasteiger partial charge in [0.15, 0.2) is 0 Å². The summed E-state index contributed by atoms with van der Waals surface area (Å²) in [6.45, 7) is 4.16. The molecule has 1 heterocycles. The molecule has 0 radical (unpaired) electrons. The average molecular weight is 297 g/mol. The molecule has 0 fully saturated rings. The van der Waals surface area contributed by atoms with Gasteiger partial charge in [0.25, 0.3) is 0 Å². The minimum Gasteiger partial charge on any atom is -0.237 e. The first kappa shape index (κ1) is 14.9. The molecular formula is C15H15ClF2N2. The van der Waals surface area contributed by atoms with E-state index in [1.807, 2.05) is 0 Å². The number of aromatic nitrogens is 2. The smallest absolute Gasteiger partial charge is 0.134 e. The third kappa shape index (κ3) is 4.23. The highest BCUT2D eigenvalue weighted by atomic mass is 35.5. The van der Waals surface area contributed by atoms with E-state index < -0.39 is 11.6 Å². The van der Waals surface area contributed by atoms with Crippen LogP contribution in [-0.4, -0.2) is 9.97 Å². The Hall–Kier alpha value is -1.55. The highest BCUT2D eigenvalue weighted by Crippen LogP contribution is 2.15. The molecular weight excluding hydrogens is 282 g/mol. The Kier molecular flexibility index (Phi) is 4.65. The lowest BCUT2D eigenvalue weighted by Gasteiger charge is -2.07. The van der Waals surface area contributed by atoms with Crippen molar-refractivity contribution in [2.45, 2.75) is 26.7 Å². The van der Waals surface area contributed by atoms with Gasteiger partial charge in [0, 0.05) is 18.2 Å². The van der Waals surface area contributed by atoms with Crippen LogP contribution >= 0.6 is 11.6 Å². The van der Waals surface area contributed by atoms with Crippen LogP contribution < -0.4 is 0 Å². The number of hydrogen-bond acceptors (Lipinski definition) is 2. The minimum absolute atomic E-state index is 0.250. The van der Waals surface area contributed by atoms with E-state index in [1.165, 1.54) is 12.1 Å². The maximum atomic E-state index is 13.2. The molecule has 106 valence electrons. The van der Waals surface area contributed by atoms with Crippen molar-refractivity contribution in [1.29, 1.82) is 0 Å². The van der Waals surface area contributed by atoms with Crippen molar-refractivity contribution in [3.63, 3.8) is 0 Å². The zero-order valence-corrected chi connectivity index (χ0v) is 12.1. The van der Waals surface area contributed by atoms with Crippen molar-refractivity contribution < 1.29 is 8.78 Å². The molecule has 0 saturated heterocycles. The summed E-state index contributed by atoms with van der Waals surface area (Å²) in [7, 11) is 0. The maximum Gasteiger partial charge on any atom is 0.134 e. The second-order valence-electron chi connectivity index (χ2n) is 5.15. The topological polar surface area (TPSA) is 25.8 Å². The molecule has 2 nitrogen and oxygen atoms in total. The SMILES string of the molecule is CC(C)Cc1cc(Cl)nc(Cc2cc(F)cc(F)c2)n1. The molecule has 0 N–H and O–H groups in total. The molecule has 5 heteroatoms. The fraction of sp³-hybridized carbons (Fsp3) is 0.333. The predicted molar refractivity (Wildman–Crippen MR) is 74.7 cm³/mol. The van der Waals surface area contributed by atoms with E-state index >= 15 is 0 Å². The lowest BCUT2D eigenvalue weighted by Crippen LogP contribution is -2.04. The molecule has 0 aliphatic rings. The van der Waals surface area contributed by atoms with Crippen LogP contribution in [0.4, 0.5) is 8.78 Å². The van der Waals surface area contributed by atoms with Crippen molar-refractivity contribution in [3.05, 3.63) is 58.1 Å². The molecule has 0 amide bonds. The van der Waals surface area contributed by atoms with Crippen molar-refractivity contribution in [3.8, 4) is 0 Å². The first-order chi connectivity index (χ1) is 9.42. The van der Waals surface area contributed by atoms with Crippen molar-refractivity contribution in [1.82, 2.24) is 9.97 Å². The largest absolute Gasteiger partial charge is 0.237 e. The summed E-state index contributed by atoms with van der Waals surface area (Å²) in [5.74, 6) is -0.299. The van der Waals surface area contributed by atoms with Crippen LogP contribution in [0.2, 0.25) is 5.15 Å². The van der Waals surface area contributed by atoms with E-state index in [0.717, 1.165) is 18.2 Å². The summed E-state index contributed by atoms with van der Waals surface area (Å²) >= 11 is 5.96. The summed E-state index contributed by atoms with van der Waals surface area (Å²) in [5.41, 5.74) is 1.33. The number of hydrogen-bond donors (Lipinski definition) is 0. The Morgan fingerprint density at radius 1 is 1.05 bits per heavy atom. The van der Waals surface area contributed by atoms with E-state index in [4.69, 9.17) is 11.6 Å². The zero-order valence-electron chi connectivity index (χ0n) is 11.3. The molecule has 0 aliphatic carbocycles. The maximum absolute atomic E-state index is 13.2. The van der Waals surface area contributed by atoms with Gasteiger partial charge in [-0.15, -0.1) is 0 Å². The standard InChI is InChI=1S/C15H15ClF2N2/c1-9(2)3-13-8-14(16)20-15(19-13)6-10-4-11(17)7-12(18)5-10/h4-5,7-9H,3,6H2,1-2H3. The van der Waals surface area contributed by atoms with Gasteiger partial charge in [-0.2, -0.15) is 0 Å². The van der Waals surface area contributed by atoms with Gasteiger partial charge < -0.3 is 0 Å². The van der Waals surface area contributed by atoms with Crippen molar-refractivity contribution >= 4 is 11.6 Å². The number of halogens is 3. The van der Waals surface area contributed by atoms with Gasteiger partial charge in [0.2, 0.25) is 0 Å². The average Bonchev–Trinajstić information content (AvgIpc) is 2.24. The van der Waals surface area contributed by atoms with E-state index in [-0.39, 0.29) is 6.42 Å². The summed E-state index contributed by atoms with van der Waals surface area (Å²) in [5, 5.41) is 0.350. The number of benzene rings is 1. The Morgan fingerprint density at radius 2 is 1.70 bits per heavy atom. The van der Waals surface area contributed by atoms with Crippen LogP contribution in [0.3, 0.4) is 0 Å². The minimum atomic E-state index is -0.607. The Balaban J connectivity index is 2.26. The van der Waals surface area contributed by atoms with Crippen LogP contribution in [-0.2, 0) is 12.8 Å². The van der Waals surface area contributed by atoms with Crippen LogP contribution in [0.15, 0.2) is 24.3 Å². The zero-order chi connectivity index (χ0) is 14.7. The monoisotopic (exact) mass is 296 g/mol. The first-order valence-corrected chi connectivity index (χ1v) is 6.77. The molecule has 20 heavy (non-hydrogen) atoms. The van der Waals surface area contributed by atoms with E-state index in [9.17, 15) is 8.78 Å². The number of rotatable bonds is 4. The Bertz CT molecular complexity index is 595. The molecule has 2 aromatic rings. The highest BCUT2D eigenvalue weighted by molar-refractivity contribution is 6.29. The van der Waals surface area contributed by atoms with Crippen LogP contribution in [0, 0.1) is 17.6 Å². The summed E-state index contributed by atoms with van der Waals surface area (Å²) in [4.78, 5) is 8.49. The normalized spacial score (nSPS) is 11.1. The molecule has 0 saturated carbocycles. The second kappa shape index (κ2) is 6.27. The summed E-state index contributed by atoms with van der Waals surface area (Å²) in [6, 6.07) is 5.11. The number of nitrogens with zero attached hydrogens (tertiary/aromatic N) is 2. The van der Waals surface area contributed by atoms with E-state index in [0.29, 0.717) is 22.5 Å². The lowest BCUT2D eigenvalue weighted by molar-refractivity contribution is 0.580. The first-order valence-electron chi connectivity index (χ1n) is 6.39. The van der Waals surface area contributed by atoms with E-state index in [1.54, 1.807) is 6.07 Å². The summed E-state index contributed by atoms with van der Waals surface area (Å²) in [6.07, 6.45) is 1.03. The molecule has 0 atom stereocenters. The molecule has 0 bridgehead atoms. The third-order valence-corrected chi connectivity index (χ3v) is 2.89. The van der Waals surface area contributed by atoms with Crippen molar-refractivity contribution in [2.24, 2.45) is 5.92 Å². The fourth-order valence-electron chi connectivity index (χ4n) is 2.01. The Labute approximate surface area is 121 Å². The van der Waals surface area contributed by atoms with E-state index in [2.05, 4.69) is 23.8 Å². The van der Waals surface area contributed by atoms with Gasteiger partial charge >= 0.3 is 0 Å². The molecule has 0 spiro atoms. The van der Waals surface area contributed by atoms with Gasteiger partial charge in [-0.05, 0) is 36.1 Å². The second-order valence-corrected chi connectivity index (χ2v) is 5.54. The van der Waals surface area contributed by atoms with Gasteiger partial charge in [-0.25, -0.2) is 18.7 Å². The van der Waals surface area contributed by atoms with Gasteiger partial charge in [0.1, 0.15) is 22.6 Å². The molecule has 0 unspecified atom stereocenters. The summed E-state index contributed by atoms with van der Waals surface area (Å²) < 4.78 is 26.3. The van der Waals surface area contributed by atoms with Gasteiger partial charge in [-0.3, -0.25) is 0 Å². The molecule has 0 aliphatic heterocycles. The molecule has 1 aromatic heterocycles. The lowest BCUT2D eigenvalue weighted by atomic mass is 10.1. The predicted octanol–water partition coefficient (Wildman–Crippen LogP) is 4.20. The third-order valence-electron chi connectivity index (χ3n) is 2.70. The fourth-order valence-corrected chi connectivity index (χ4v) is 2.24. The van der Waals surface area contributed by atoms with Crippen molar-refractivity contribution in [2.75, 3.05) is 0 Å².